The molecule has 0 bridgehead atoms. The molecule has 0 atom stereocenters. The molecule has 2 rings (SSSR count). The van der Waals surface area contributed by atoms with Gasteiger partial charge in [-0.05, 0) is 23.7 Å². The molecule has 0 radical (unpaired) electrons. The number of hydrogen-bond donors (Lipinski definition) is 0. The monoisotopic (exact) mass is 225 g/mol. The maximum atomic E-state index is 5.74. The van der Waals surface area contributed by atoms with Gasteiger partial charge in [0.25, 0.3) is 0 Å². The Balaban J connectivity index is 2.52. The summed E-state index contributed by atoms with van der Waals surface area (Å²) in [5.74, 6) is 0. The number of halogens is 2. The van der Waals surface area contributed by atoms with E-state index in [9.17, 15) is 0 Å². The molecule has 0 fully saturated rings. The first-order valence-electron chi connectivity index (χ1n) is 3.86. The minimum Gasteiger partial charge on any atom is -0.264 e. The Labute approximate surface area is 90.8 Å². The lowest BCUT2D eigenvalue weighted by atomic mass is 10.2. The van der Waals surface area contributed by atoms with Gasteiger partial charge in [-0.2, -0.15) is 0 Å². The molecule has 0 amide bonds. The normalized spacial score (nSPS) is 10.1. The molecule has 14 heavy (non-hydrogen) atoms. The van der Waals surface area contributed by atoms with Crippen LogP contribution in [-0.2, 0) is 0 Å². The molecule has 2 aromatic rings. The Bertz CT molecular complexity index is 425. The van der Waals surface area contributed by atoms with Crippen LogP contribution in [0.5, 0.6) is 0 Å². The van der Waals surface area contributed by atoms with E-state index in [1.54, 1.807) is 18.5 Å². The first-order valence-corrected chi connectivity index (χ1v) is 4.62. The average molecular weight is 226 g/mol. The topological polar surface area (TPSA) is 38.7 Å². The van der Waals surface area contributed by atoms with Gasteiger partial charge >= 0.3 is 0 Å². The Morgan fingerprint density at radius 3 is 2.64 bits per heavy atom. The van der Waals surface area contributed by atoms with Crippen molar-refractivity contribution in [1.29, 1.82) is 0 Å². The van der Waals surface area contributed by atoms with Gasteiger partial charge in [-0.25, -0.2) is 9.97 Å². The van der Waals surface area contributed by atoms with Crippen LogP contribution < -0.4 is 0 Å². The molecule has 0 aliphatic rings. The third-order valence-corrected chi connectivity index (χ3v) is 1.99. The summed E-state index contributed by atoms with van der Waals surface area (Å²) in [5.41, 5.74) is 1.53. The maximum Gasteiger partial charge on any atom is 0.224 e. The lowest BCUT2D eigenvalue weighted by Crippen LogP contribution is -1.88. The molecule has 3 nitrogen and oxygen atoms in total. The number of aromatic nitrogens is 3. The van der Waals surface area contributed by atoms with Gasteiger partial charge in [-0.15, -0.1) is 0 Å². The van der Waals surface area contributed by atoms with Crippen molar-refractivity contribution in [3.8, 4) is 11.3 Å². The van der Waals surface area contributed by atoms with Gasteiger partial charge in [0.15, 0.2) is 0 Å². The highest BCUT2D eigenvalue weighted by atomic mass is 35.5. The second kappa shape index (κ2) is 3.90. The van der Waals surface area contributed by atoms with E-state index in [0.717, 1.165) is 5.56 Å². The predicted octanol–water partition coefficient (Wildman–Crippen LogP) is 2.85. The molecule has 0 saturated heterocycles. The van der Waals surface area contributed by atoms with Gasteiger partial charge in [0.2, 0.25) is 5.28 Å². The van der Waals surface area contributed by atoms with E-state index in [2.05, 4.69) is 15.0 Å². The second-order valence-electron chi connectivity index (χ2n) is 2.59. The Morgan fingerprint density at radius 1 is 1.14 bits per heavy atom. The molecular weight excluding hydrogens is 221 g/mol. The zero-order valence-electron chi connectivity index (χ0n) is 6.98. The van der Waals surface area contributed by atoms with Crippen molar-refractivity contribution in [2.75, 3.05) is 0 Å². The maximum absolute atomic E-state index is 5.74. The van der Waals surface area contributed by atoms with Crippen LogP contribution in [0.2, 0.25) is 10.4 Å². The number of hydrogen-bond acceptors (Lipinski definition) is 3. The van der Waals surface area contributed by atoms with Crippen LogP contribution in [0.4, 0.5) is 0 Å². The van der Waals surface area contributed by atoms with E-state index in [-0.39, 0.29) is 5.28 Å². The summed E-state index contributed by atoms with van der Waals surface area (Å²) < 4.78 is 0. The Morgan fingerprint density at radius 2 is 2.00 bits per heavy atom. The molecule has 0 spiro atoms. The molecule has 0 aliphatic heterocycles. The van der Waals surface area contributed by atoms with Gasteiger partial charge in [0, 0.05) is 24.0 Å². The fraction of sp³-hybridized carbons (Fsp3) is 0. The first kappa shape index (κ1) is 9.37. The number of pyridine rings is 1. The van der Waals surface area contributed by atoms with E-state index in [1.165, 1.54) is 0 Å². The van der Waals surface area contributed by atoms with Crippen LogP contribution in [-0.4, -0.2) is 15.0 Å². The molecule has 2 heterocycles. The van der Waals surface area contributed by atoms with E-state index in [1.807, 2.05) is 12.1 Å². The molecule has 0 aromatic carbocycles. The smallest absolute Gasteiger partial charge is 0.224 e. The largest absolute Gasteiger partial charge is 0.264 e. The minimum absolute atomic E-state index is 0.136. The highest BCUT2D eigenvalue weighted by Crippen LogP contribution is 2.20. The van der Waals surface area contributed by atoms with Crippen LogP contribution >= 0.6 is 23.2 Å². The lowest BCUT2D eigenvalue weighted by Gasteiger charge is -2.00. The van der Waals surface area contributed by atoms with Crippen molar-refractivity contribution in [1.82, 2.24) is 15.0 Å². The van der Waals surface area contributed by atoms with Crippen LogP contribution in [0.25, 0.3) is 11.3 Å². The third-order valence-electron chi connectivity index (χ3n) is 1.62. The molecule has 0 N–H and O–H groups in total. The Hall–Kier alpha value is -1.19. The lowest BCUT2D eigenvalue weighted by molar-refractivity contribution is 1.17. The second-order valence-corrected chi connectivity index (χ2v) is 3.31. The third kappa shape index (κ3) is 2.00. The zero-order chi connectivity index (χ0) is 9.97. The molecule has 5 heteroatoms. The molecule has 0 aliphatic carbocycles. The fourth-order valence-corrected chi connectivity index (χ4v) is 1.46. The van der Waals surface area contributed by atoms with Crippen molar-refractivity contribution in [2.45, 2.75) is 0 Å². The quantitative estimate of drug-likeness (QED) is 0.554. The fourth-order valence-electron chi connectivity index (χ4n) is 1.05. The van der Waals surface area contributed by atoms with Crippen molar-refractivity contribution >= 4 is 23.2 Å². The standard InChI is InChI=1S/C9H5Cl2N3/c10-8-4-7(13-9(11)14-8)6-2-1-3-12-5-6/h1-5H. The first-order chi connectivity index (χ1) is 6.75. The Kier molecular flexibility index (Phi) is 2.61. The van der Waals surface area contributed by atoms with Gasteiger partial charge in [-0.1, -0.05) is 11.6 Å². The summed E-state index contributed by atoms with van der Waals surface area (Å²) in [6.07, 6.45) is 3.38. The average Bonchev–Trinajstić information content (AvgIpc) is 2.18. The van der Waals surface area contributed by atoms with Crippen molar-refractivity contribution in [2.24, 2.45) is 0 Å². The summed E-state index contributed by atoms with van der Waals surface area (Å²) in [6, 6.07) is 5.34. The molecule has 70 valence electrons. The van der Waals surface area contributed by atoms with Gasteiger partial charge < -0.3 is 0 Å². The number of rotatable bonds is 1. The van der Waals surface area contributed by atoms with Gasteiger partial charge in [-0.3, -0.25) is 4.98 Å². The van der Waals surface area contributed by atoms with E-state index in [0.29, 0.717) is 10.8 Å². The van der Waals surface area contributed by atoms with Crippen molar-refractivity contribution < 1.29 is 0 Å². The number of nitrogens with zero attached hydrogens (tertiary/aromatic N) is 3. The highest BCUT2D eigenvalue weighted by Gasteiger charge is 2.03. The predicted molar refractivity (Wildman–Crippen MR) is 55.3 cm³/mol. The molecular formula is C9H5Cl2N3. The van der Waals surface area contributed by atoms with Gasteiger partial charge in [0.05, 0.1) is 5.69 Å². The SMILES string of the molecule is Clc1cc(-c2cccnc2)nc(Cl)n1. The summed E-state index contributed by atoms with van der Waals surface area (Å²) >= 11 is 11.4. The molecule has 0 unspecified atom stereocenters. The van der Waals surface area contributed by atoms with Crippen LogP contribution in [0.3, 0.4) is 0 Å². The highest BCUT2D eigenvalue weighted by molar-refractivity contribution is 6.32. The van der Waals surface area contributed by atoms with E-state index >= 15 is 0 Å². The van der Waals surface area contributed by atoms with Crippen LogP contribution in [0.1, 0.15) is 0 Å². The summed E-state index contributed by atoms with van der Waals surface area (Å²) in [5, 5.41) is 0.459. The summed E-state index contributed by atoms with van der Waals surface area (Å²) in [6.45, 7) is 0. The van der Waals surface area contributed by atoms with Crippen LogP contribution in [0, 0.1) is 0 Å². The van der Waals surface area contributed by atoms with Gasteiger partial charge in [0.1, 0.15) is 5.15 Å². The van der Waals surface area contributed by atoms with E-state index in [4.69, 9.17) is 23.2 Å². The van der Waals surface area contributed by atoms with Crippen molar-refractivity contribution in [3.05, 3.63) is 41.0 Å². The zero-order valence-corrected chi connectivity index (χ0v) is 8.50. The molecule has 0 saturated carbocycles. The summed E-state index contributed by atoms with van der Waals surface area (Å²) in [4.78, 5) is 11.8. The minimum atomic E-state index is 0.136. The summed E-state index contributed by atoms with van der Waals surface area (Å²) in [7, 11) is 0. The van der Waals surface area contributed by atoms with Crippen molar-refractivity contribution in [3.63, 3.8) is 0 Å². The van der Waals surface area contributed by atoms with E-state index < -0.39 is 0 Å². The molecule has 2 aromatic heterocycles. The van der Waals surface area contributed by atoms with Crippen LogP contribution in [0.15, 0.2) is 30.6 Å².